The molecular weight excluding hydrogens is 202 g/mol. The number of rotatable bonds is 2. The van der Waals surface area contributed by atoms with Crippen molar-refractivity contribution >= 4 is 0 Å². The van der Waals surface area contributed by atoms with E-state index in [2.05, 4.69) is 10.1 Å². The van der Waals surface area contributed by atoms with Crippen molar-refractivity contribution in [1.82, 2.24) is 19.3 Å². The standard InChI is InChI=1S/C11H17N5/c1-7-9(8(2)16(4)14-7)10(12)11-13-5-6-15(11)3/h5-6,10H,12H2,1-4H3. The molecule has 0 amide bonds. The van der Waals surface area contributed by atoms with E-state index in [1.807, 2.05) is 43.4 Å². The van der Waals surface area contributed by atoms with Gasteiger partial charge < -0.3 is 10.3 Å². The predicted molar refractivity (Wildman–Crippen MR) is 61.9 cm³/mol. The van der Waals surface area contributed by atoms with Gasteiger partial charge in [-0.2, -0.15) is 5.10 Å². The molecule has 0 bridgehead atoms. The summed E-state index contributed by atoms with van der Waals surface area (Å²) in [4.78, 5) is 4.28. The van der Waals surface area contributed by atoms with Crippen molar-refractivity contribution in [3.63, 3.8) is 0 Å². The van der Waals surface area contributed by atoms with Crippen LogP contribution in [0.2, 0.25) is 0 Å². The van der Waals surface area contributed by atoms with Crippen LogP contribution in [-0.4, -0.2) is 19.3 Å². The Hall–Kier alpha value is -1.62. The Morgan fingerprint density at radius 3 is 2.44 bits per heavy atom. The molecule has 0 aliphatic heterocycles. The molecule has 2 N–H and O–H groups in total. The average molecular weight is 219 g/mol. The Labute approximate surface area is 94.9 Å². The lowest BCUT2D eigenvalue weighted by Crippen LogP contribution is -2.18. The summed E-state index contributed by atoms with van der Waals surface area (Å²) < 4.78 is 3.80. The number of nitrogens with zero attached hydrogens (tertiary/aromatic N) is 4. The minimum atomic E-state index is -0.214. The Kier molecular flexibility index (Phi) is 2.55. The normalized spacial score (nSPS) is 13.1. The van der Waals surface area contributed by atoms with Gasteiger partial charge in [-0.25, -0.2) is 4.98 Å². The second-order valence-electron chi connectivity index (χ2n) is 4.08. The maximum atomic E-state index is 6.24. The van der Waals surface area contributed by atoms with Crippen LogP contribution in [0.25, 0.3) is 0 Å². The van der Waals surface area contributed by atoms with E-state index < -0.39 is 0 Å². The minimum Gasteiger partial charge on any atom is -0.336 e. The molecule has 16 heavy (non-hydrogen) atoms. The van der Waals surface area contributed by atoms with Crippen molar-refractivity contribution in [2.24, 2.45) is 19.8 Å². The van der Waals surface area contributed by atoms with E-state index in [0.717, 1.165) is 22.8 Å². The molecule has 0 spiro atoms. The van der Waals surface area contributed by atoms with E-state index in [9.17, 15) is 0 Å². The lowest BCUT2D eigenvalue weighted by Gasteiger charge is -2.12. The molecule has 0 fully saturated rings. The second-order valence-corrected chi connectivity index (χ2v) is 4.08. The van der Waals surface area contributed by atoms with Crippen LogP contribution < -0.4 is 5.73 Å². The van der Waals surface area contributed by atoms with Crippen LogP contribution in [0, 0.1) is 13.8 Å². The maximum Gasteiger partial charge on any atom is 0.130 e. The third-order valence-electron chi connectivity index (χ3n) is 3.01. The van der Waals surface area contributed by atoms with Gasteiger partial charge in [0.25, 0.3) is 0 Å². The van der Waals surface area contributed by atoms with Crippen molar-refractivity contribution in [1.29, 1.82) is 0 Å². The van der Waals surface area contributed by atoms with Gasteiger partial charge in [-0.15, -0.1) is 0 Å². The number of aryl methyl sites for hydroxylation is 3. The molecule has 2 heterocycles. The summed E-state index contributed by atoms with van der Waals surface area (Å²) in [6.45, 7) is 4.00. The van der Waals surface area contributed by atoms with E-state index in [-0.39, 0.29) is 6.04 Å². The number of aromatic nitrogens is 4. The number of nitrogens with two attached hydrogens (primary N) is 1. The summed E-state index contributed by atoms with van der Waals surface area (Å²) >= 11 is 0. The Balaban J connectivity index is 2.49. The van der Waals surface area contributed by atoms with Crippen molar-refractivity contribution in [3.05, 3.63) is 35.2 Å². The number of imidazole rings is 1. The molecule has 0 radical (unpaired) electrons. The van der Waals surface area contributed by atoms with E-state index in [0.29, 0.717) is 0 Å². The smallest absolute Gasteiger partial charge is 0.130 e. The molecule has 0 saturated carbocycles. The van der Waals surface area contributed by atoms with E-state index in [1.54, 1.807) is 6.20 Å². The van der Waals surface area contributed by atoms with Gasteiger partial charge in [-0.05, 0) is 13.8 Å². The first-order valence-corrected chi connectivity index (χ1v) is 5.25. The van der Waals surface area contributed by atoms with E-state index >= 15 is 0 Å². The van der Waals surface area contributed by atoms with Gasteiger partial charge in [0.1, 0.15) is 5.82 Å². The molecular formula is C11H17N5. The molecule has 1 atom stereocenters. The summed E-state index contributed by atoms with van der Waals surface area (Å²) in [5.41, 5.74) is 9.37. The van der Waals surface area contributed by atoms with Crippen molar-refractivity contribution in [2.75, 3.05) is 0 Å². The molecule has 2 aromatic rings. The second kappa shape index (κ2) is 3.75. The quantitative estimate of drug-likeness (QED) is 0.813. The monoisotopic (exact) mass is 219 g/mol. The first-order valence-electron chi connectivity index (χ1n) is 5.25. The van der Waals surface area contributed by atoms with Crippen LogP contribution in [0.5, 0.6) is 0 Å². The van der Waals surface area contributed by atoms with Crippen LogP contribution in [0.3, 0.4) is 0 Å². The third kappa shape index (κ3) is 1.53. The SMILES string of the molecule is Cc1nn(C)c(C)c1C(N)c1nccn1C. The zero-order valence-electron chi connectivity index (χ0n) is 10.1. The van der Waals surface area contributed by atoms with Gasteiger partial charge in [0.05, 0.1) is 11.7 Å². The van der Waals surface area contributed by atoms with Gasteiger partial charge >= 0.3 is 0 Å². The largest absolute Gasteiger partial charge is 0.336 e. The van der Waals surface area contributed by atoms with Crippen LogP contribution in [0.1, 0.15) is 28.8 Å². The first kappa shape index (κ1) is 10.9. The molecule has 1 unspecified atom stereocenters. The zero-order chi connectivity index (χ0) is 11.9. The van der Waals surface area contributed by atoms with Crippen molar-refractivity contribution < 1.29 is 0 Å². The fourth-order valence-corrected chi connectivity index (χ4v) is 2.05. The first-order chi connectivity index (χ1) is 7.52. The van der Waals surface area contributed by atoms with Crippen molar-refractivity contribution in [2.45, 2.75) is 19.9 Å². The predicted octanol–water partition coefficient (Wildman–Crippen LogP) is 0.819. The highest BCUT2D eigenvalue weighted by molar-refractivity contribution is 5.32. The van der Waals surface area contributed by atoms with Crippen LogP contribution in [0.4, 0.5) is 0 Å². The highest BCUT2D eigenvalue weighted by Crippen LogP contribution is 2.23. The fourth-order valence-electron chi connectivity index (χ4n) is 2.05. The van der Waals surface area contributed by atoms with Crippen LogP contribution >= 0.6 is 0 Å². The van der Waals surface area contributed by atoms with Gasteiger partial charge in [0, 0.05) is 37.7 Å². The summed E-state index contributed by atoms with van der Waals surface area (Å²) in [5, 5.41) is 4.37. The van der Waals surface area contributed by atoms with E-state index in [4.69, 9.17) is 5.73 Å². The molecule has 0 aliphatic carbocycles. The molecule has 0 aliphatic rings. The lowest BCUT2D eigenvalue weighted by atomic mass is 10.1. The van der Waals surface area contributed by atoms with Gasteiger partial charge in [0.2, 0.25) is 0 Å². The number of hydrogen-bond acceptors (Lipinski definition) is 3. The average Bonchev–Trinajstić information content (AvgIpc) is 2.73. The highest BCUT2D eigenvalue weighted by Gasteiger charge is 2.20. The lowest BCUT2D eigenvalue weighted by molar-refractivity contribution is 0.702. The summed E-state index contributed by atoms with van der Waals surface area (Å²) in [7, 11) is 3.88. The molecule has 2 aromatic heterocycles. The topological polar surface area (TPSA) is 61.7 Å². The Morgan fingerprint density at radius 2 is 2.00 bits per heavy atom. The molecule has 5 heteroatoms. The summed E-state index contributed by atoms with van der Waals surface area (Å²) in [5.74, 6) is 0.860. The van der Waals surface area contributed by atoms with Gasteiger partial charge in [0.15, 0.2) is 0 Å². The Bertz CT molecular complexity index is 508. The van der Waals surface area contributed by atoms with Gasteiger partial charge in [-0.1, -0.05) is 0 Å². The molecule has 0 saturated heterocycles. The third-order valence-corrected chi connectivity index (χ3v) is 3.01. The van der Waals surface area contributed by atoms with Crippen LogP contribution in [-0.2, 0) is 14.1 Å². The van der Waals surface area contributed by atoms with Crippen LogP contribution in [0.15, 0.2) is 12.4 Å². The molecule has 2 rings (SSSR count). The van der Waals surface area contributed by atoms with Crippen molar-refractivity contribution in [3.8, 4) is 0 Å². The molecule has 5 nitrogen and oxygen atoms in total. The zero-order valence-corrected chi connectivity index (χ0v) is 10.1. The highest BCUT2D eigenvalue weighted by atomic mass is 15.3. The van der Waals surface area contributed by atoms with Gasteiger partial charge in [-0.3, -0.25) is 4.68 Å². The minimum absolute atomic E-state index is 0.214. The summed E-state index contributed by atoms with van der Waals surface area (Å²) in [6.07, 6.45) is 3.66. The summed E-state index contributed by atoms with van der Waals surface area (Å²) in [6, 6.07) is -0.214. The molecule has 86 valence electrons. The van der Waals surface area contributed by atoms with E-state index in [1.165, 1.54) is 0 Å². The number of hydrogen-bond donors (Lipinski definition) is 1. The maximum absolute atomic E-state index is 6.24. The Morgan fingerprint density at radius 1 is 1.31 bits per heavy atom. The molecule has 0 aromatic carbocycles. The fraction of sp³-hybridized carbons (Fsp3) is 0.455.